The summed E-state index contributed by atoms with van der Waals surface area (Å²) in [5, 5.41) is 15.1. The molecule has 2 aromatic rings. The quantitative estimate of drug-likeness (QED) is 0.430. The average Bonchev–Trinajstić information content (AvgIpc) is 3.08. The molecule has 2 aliphatic rings. The highest BCUT2D eigenvalue weighted by atomic mass is 32.2. The first-order valence-electron chi connectivity index (χ1n) is 11.6. The lowest BCUT2D eigenvalue weighted by molar-refractivity contribution is -0.384. The standard InChI is InChI=1S/C22H31N5O4S2/c1-2-22-23-18(17-32-22)16-24-11-13-25(14-12-24)20-8-7-19(15-21(20)27(28)29)33(30,31)26-9-5-3-4-6-10-26/h7-8,15,17H,2-6,9-14,16H2,1H3. The highest BCUT2D eigenvalue weighted by molar-refractivity contribution is 7.89. The van der Waals surface area contributed by atoms with Gasteiger partial charge >= 0.3 is 0 Å². The monoisotopic (exact) mass is 493 g/mol. The summed E-state index contributed by atoms with van der Waals surface area (Å²) in [6, 6.07) is 4.37. The van der Waals surface area contributed by atoms with Crippen LogP contribution in [0.2, 0.25) is 0 Å². The molecular formula is C22H31N5O4S2. The Morgan fingerprint density at radius 2 is 1.76 bits per heavy atom. The molecule has 11 heteroatoms. The molecule has 3 heterocycles. The molecule has 0 N–H and O–H groups in total. The maximum atomic E-state index is 13.1. The molecule has 180 valence electrons. The molecule has 2 saturated heterocycles. The van der Waals surface area contributed by atoms with E-state index in [9.17, 15) is 18.5 Å². The van der Waals surface area contributed by atoms with E-state index >= 15 is 0 Å². The minimum atomic E-state index is -3.74. The molecule has 0 unspecified atom stereocenters. The van der Waals surface area contributed by atoms with E-state index in [1.54, 1.807) is 17.4 Å². The number of nitrogens with zero attached hydrogens (tertiary/aromatic N) is 5. The number of sulfonamides is 1. The summed E-state index contributed by atoms with van der Waals surface area (Å²) in [4.78, 5) is 20.3. The Balaban J connectivity index is 1.47. The number of hydrogen-bond acceptors (Lipinski definition) is 8. The molecule has 0 aliphatic carbocycles. The first-order valence-corrected chi connectivity index (χ1v) is 13.9. The topological polar surface area (TPSA) is 99.9 Å². The van der Waals surface area contributed by atoms with Crippen LogP contribution in [-0.2, 0) is 23.0 Å². The van der Waals surface area contributed by atoms with Gasteiger partial charge in [0.1, 0.15) is 5.69 Å². The lowest BCUT2D eigenvalue weighted by Crippen LogP contribution is -2.46. The highest BCUT2D eigenvalue weighted by Gasteiger charge is 2.30. The van der Waals surface area contributed by atoms with Gasteiger partial charge < -0.3 is 4.90 Å². The van der Waals surface area contributed by atoms with Crippen LogP contribution >= 0.6 is 11.3 Å². The van der Waals surface area contributed by atoms with Gasteiger partial charge in [-0.05, 0) is 31.4 Å². The van der Waals surface area contributed by atoms with Gasteiger partial charge in [0.25, 0.3) is 5.69 Å². The predicted octanol–water partition coefficient (Wildman–Crippen LogP) is 3.50. The molecule has 0 bridgehead atoms. The van der Waals surface area contributed by atoms with Crippen LogP contribution in [0.15, 0.2) is 28.5 Å². The van der Waals surface area contributed by atoms with Crippen molar-refractivity contribution < 1.29 is 13.3 Å². The maximum Gasteiger partial charge on any atom is 0.293 e. The molecule has 2 fully saturated rings. The highest BCUT2D eigenvalue weighted by Crippen LogP contribution is 2.33. The molecule has 0 saturated carbocycles. The van der Waals surface area contributed by atoms with E-state index in [1.807, 2.05) is 4.90 Å². The molecule has 1 aromatic carbocycles. The van der Waals surface area contributed by atoms with Crippen molar-refractivity contribution >= 4 is 32.7 Å². The molecule has 9 nitrogen and oxygen atoms in total. The minimum absolute atomic E-state index is 0.00810. The van der Waals surface area contributed by atoms with Crippen molar-refractivity contribution in [3.8, 4) is 0 Å². The van der Waals surface area contributed by atoms with Gasteiger partial charge in [-0.1, -0.05) is 19.8 Å². The Hall–Kier alpha value is -2.08. The van der Waals surface area contributed by atoms with E-state index in [0.717, 1.165) is 62.4 Å². The third kappa shape index (κ3) is 5.53. The van der Waals surface area contributed by atoms with E-state index in [-0.39, 0.29) is 10.6 Å². The minimum Gasteiger partial charge on any atom is -0.363 e. The van der Waals surface area contributed by atoms with Crippen molar-refractivity contribution in [3.05, 3.63) is 44.4 Å². The van der Waals surface area contributed by atoms with Crippen LogP contribution < -0.4 is 4.90 Å². The zero-order valence-corrected chi connectivity index (χ0v) is 20.6. The van der Waals surface area contributed by atoms with Gasteiger partial charge in [-0.2, -0.15) is 4.31 Å². The summed E-state index contributed by atoms with van der Waals surface area (Å²) in [7, 11) is -3.74. The lowest BCUT2D eigenvalue weighted by Gasteiger charge is -2.35. The number of anilines is 1. The number of rotatable bonds is 7. The fourth-order valence-electron chi connectivity index (χ4n) is 4.47. The van der Waals surface area contributed by atoms with Crippen molar-refractivity contribution in [1.29, 1.82) is 0 Å². The number of nitro benzene ring substituents is 1. The SMILES string of the molecule is CCc1nc(CN2CCN(c3ccc(S(=O)(=O)N4CCCCCC4)cc3[N+](=O)[O-])CC2)cs1. The first kappa shape index (κ1) is 24.1. The number of hydrogen-bond donors (Lipinski definition) is 0. The Morgan fingerprint density at radius 1 is 1.06 bits per heavy atom. The molecule has 0 spiro atoms. The maximum absolute atomic E-state index is 13.1. The van der Waals surface area contributed by atoms with Crippen LogP contribution in [0.4, 0.5) is 11.4 Å². The lowest BCUT2D eigenvalue weighted by atomic mass is 10.2. The number of benzene rings is 1. The second kappa shape index (κ2) is 10.5. The van der Waals surface area contributed by atoms with E-state index < -0.39 is 14.9 Å². The summed E-state index contributed by atoms with van der Waals surface area (Å²) in [5.74, 6) is 0. The van der Waals surface area contributed by atoms with Crippen LogP contribution in [-0.4, -0.2) is 66.8 Å². The molecule has 0 atom stereocenters. The molecular weight excluding hydrogens is 462 g/mol. The van der Waals surface area contributed by atoms with E-state index in [1.165, 1.54) is 16.4 Å². The van der Waals surface area contributed by atoms with Crippen LogP contribution in [0.5, 0.6) is 0 Å². The Kier molecular flexibility index (Phi) is 7.62. The summed E-state index contributed by atoms with van der Waals surface area (Å²) < 4.78 is 27.7. The third-order valence-corrected chi connectivity index (χ3v) is 9.28. The van der Waals surface area contributed by atoms with E-state index in [0.29, 0.717) is 31.9 Å². The van der Waals surface area contributed by atoms with Gasteiger partial charge in [-0.25, -0.2) is 13.4 Å². The largest absolute Gasteiger partial charge is 0.363 e. The zero-order chi connectivity index (χ0) is 23.4. The number of thiazole rings is 1. The van der Waals surface area contributed by atoms with E-state index in [4.69, 9.17) is 0 Å². The third-order valence-electron chi connectivity index (χ3n) is 6.35. The van der Waals surface area contributed by atoms with Gasteiger partial charge in [0.2, 0.25) is 10.0 Å². The molecule has 33 heavy (non-hydrogen) atoms. The van der Waals surface area contributed by atoms with Crippen LogP contribution in [0.1, 0.15) is 43.3 Å². The van der Waals surface area contributed by atoms with Gasteiger partial charge in [0, 0.05) is 57.3 Å². The Morgan fingerprint density at radius 3 is 2.36 bits per heavy atom. The van der Waals surface area contributed by atoms with Crippen molar-refractivity contribution in [1.82, 2.24) is 14.2 Å². The zero-order valence-electron chi connectivity index (χ0n) is 19.0. The predicted molar refractivity (Wildman–Crippen MR) is 129 cm³/mol. The van der Waals surface area contributed by atoms with Gasteiger partial charge in [-0.3, -0.25) is 15.0 Å². The molecule has 1 aromatic heterocycles. The Labute approximate surface area is 199 Å². The number of aryl methyl sites for hydroxylation is 1. The number of aromatic nitrogens is 1. The van der Waals surface area contributed by atoms with Gasteiger partial charge in [-0.15, -0.1) is 11.3 Å². The summed E-state index contributed by atoms with van der Waals surface area (Å²) in [6.45, 7) is 6.64. The van der Waals surface area contributed by atoms with Gasteiger partial charge in [0.05, 0.1) is 20.5 Å². The normalized spacial score (nSPS) is 18.9. The van der Waals surface area contributed by atoms with Crippen molar-refractivity contribution in [3.63, 3.8) is 0 Å². The van der Waals surface area contributed by atoms with Crippen molar-refractivity contribution in [2.24, 2.45) is 0 Å². The summed E-state index contributed by atoms with van der Waals surface area (Å²) >= 11 is 1.68. The van der Waals surface area contributed by atoms with Crippen molar-refractivity contribution in [2.45, 2.75) is 50.5 Å². The molecule has 0 amide bonds. The fourth-order valence-corrected chi connectivity index (χ4v) is 6.74. The molecule has 2 aliphatic heterocycles. The fraction of sp³-hybridized carbons (Fsp3) is 0.591. The van der Waals surface area contributed by atoms with Crippen LogP contribution in [0.3, 0.4) is 0 Å². The second-order valence-corrected chi connectivity index (χ2v) is 11.5. The van der Waals surface area contributed by atoms with Crippen LogP contribution in [0, 0.1) is 10.1 Å². The van der Waals surface area contributed by atoms with Crippen molar-refractivity contribution in [2.75, 3.05) is 44.2 Å². The van der Waals surface area contributed by atoms with Crippen LogP contribution in [0.25, 0.3) is 0 Å². The average molecular weight is 494 g/mol. The molecule has 0 radical (unpaired) electrons. The Bertz CT molecular complexity index is 1070. The summed E-state index contributed by atoms with van der Waals surface area (Å²) in [5.41, 5.74) is 1.40. The molecule has 4 rings (SSSR count). The van der Waals surface area contributed by atoms with Gasteiger partial charge in [0.15, 0.2) is 0 Å². The second-order valence-electron chi connectivity index (χ2n) is 8.58. The first-order chi connectivity index (χ1) is 15.9. The summed E-state index contributed by atoms with van der Waals surface area (Å²) in [6.07, 6.45) is 4.61. The smallest absolute Gasteiger partial charge is 0.293 e. The number of piperazine rings is 1. The number of nitro groups is 1. The van der Waals surface area contributed by atoms with E-state index in [2.05, 4.69) is 22.2 Å².